The monoisotopic (exact) mass is 379 g/mol. The Morgan fingerprint density at radius 1 is 1.04 bits per heavy atom. The molecule has 3 aromatic rings. The first-order chi connectivity index (χ1) is 13.4. The summed E-state index contributed by atoms with van der Waals surface area (Å²) in [5.41, 5.74) is 2.21. The van der Waals surface area contributed by atoms with Gasteiger partial charge in [0.15, 0.2) is 17.0 Å². The van der Waals surface area contributed by atoms with E-state index < -0.39 is 0 Å². The Labute approximate surface area is 164 Å². The van der Waals surface area contributed by atoms with Gasteiger partial charge in [0, 0.05) is 31.6 Å². The molecular weight excluding hydrogens is 354 g/mol. The lowest BCUT2D eigenvalue weighted by Crippen LogP contribution is -2.51. The molecule has 0 unspecified atom stereocenters. The molecule has 3 heterocycles. The van der Waals surface area contributed by atoms with E-state index in [0.717, 1.165) is 30.1 Å². The fourth-order valence-corrected chi connectivity index (χ4v) is 3.47. The van der Waals surface area contributed by atoms with Gasteiger partial charge < -0.3 is 9.80 Å². The third kappa shape index (κ3) is 3.54. The average Bonchev–Trinajstić information content (AvgIpc) is 3.11. The third-order valence-electron chi connectivity index (χ3n) is 4.96. The van der Waals surface area contributed by atoms with Crippen LogP contribution in [0.1, 0.15) is 26.3 Å². The molecule has 0 saturated carbocycles. The highest BCUT2D eigenvalue weighted by Gasteiger charge is 2.30. The molecule has 1 fully saturated rings. The molecule has 4 rings (SSSR count). The minimum atomic E-state index is -0.357. The fraction of sp³-hybridized carbons (Fsp3) is 0.450. The van der Waals surface area contributed by atoms with Crippen LogP contribution in [-0.4, -0.2) is 61.9 Å². The molecule has 146 valence electrons. The van der Waals surface area contributed by atoms with Crippen LogP contribution in [0.4, 0.5) is 5.82 Å². The fourth-order valence-electron chi connectivity index (χ4n) is 3.47. The molecule has 0 spiro atoms. The van der Waals surface area contributed by atoms with E-state index in [0.29, 0.717) is 25.2 Å². The molecule has 8 heteroatoms. The molecule has 1 aliphatic rings. The van der Waals surface area contributed by atoms with Crippen LogP contribution in [0.3, 0.4) is 0 Å². The molecule has 8 nitrogen and oxygen atoms in total. The van der Waals surface area contributed by atoms with E-state index in [9.17, 15) is 4.79 Å². The van der Waals surface area contributed by atoms with Crippen molar-refractivity contribution in [2.24, 2.45) is 5.41 Å². The van der Waals surface area contributed by atoms with Crippen molar-refractivity contribution in [2.45, 2.75) is 27.3 Å². The number of benzene rings is 1. The summed E-state index contributed by atoms with van der Waals surface area (Å²) in [6, 6.07) is 10.1. The molecule has 0 N–H and O–H groups in total. The number of anilines is 1. The van der Waals surface area contributed by atoms with Gasteiger partial charge in [-0.25, -0.2) is 14.6 Å². The van der Waals surface area contributed by atoms with Crippen molar-refractivity contribution in [2.75, 3.05) is 31.1 Å². The Bertz CT molecular complexity index is 969. The Morgan fingerprint density at radius 3 is 2.43 bits per heavy atom. The van der Waals surface area contributed by atoms with Crippen molar-refractivity contribution in [3.05, 3.63) is 42.2 Å². The standard InChI is InChI=1S/C20H25N7O/c1-20(2,3)19(28)26-11-9-25(10-12-26)17-16-18(22-14-21-17)27(24-23-16)13-15-7-5-4-6-8-15/h4-8,14H,9-13H2,1-3H3. The smallest absolute Gasteiger partial charge is 0.228 e. The van der Waals surface area contributed by atoms with Crippen molar-refractivity contribution < 1.29 is 4.79 Å². The predicted octanol–water partition coefficient (Wildman–Crippen LogP) is 1.96. The summed E-state index contributed by atoms with van der Waals surface area (Å²) in [5.74, 6) is 0.973. The van der Waals surface area contributed by atoms with E-state index in [1.54, 1.807) is 11.0 Å². The summed E-state index contributed by atoms with van der Waals surface area (Å²) < 4.78 is 1.80. The maximum Gasteiger partial charge on any atom is 0.228 e. The molecule has 1 amide bonds. The van der Waals surface area contributed by atoms with E-state index >= 15 is 0 Å². The minimum Gasteiger partial charge on any atom is -0.351 e. The second-order valence-corrected chi connectivity index (χ2v) is 8.13. The molecule has 2 aromatic heterocycles. The summed E-state index contributed by atoms with van der Waals surface area (Å²) in [7, 11) is 0. The Balaban J connectivity index is 1.53. The summed E-state index contributed by atoms with van der Waals surface area (Å²) >= 11 is 0. The lowest BCUT2D eigenvalue weighted by Gasteiger charge is -2.38. The SMILES string of the molecule is CC(C)(C)C(=O)N1CCN(c2ncnc3c2nnn3Cc2ccccc2)CC1. The van der Waals surface area contributed by atoms with Crippen molar-refractivity contribution in [1.82, 2.24) is 29.9 Å². The number of amides is 1. The second-order valence-electron chi connectivity index (χ2n) is 8.13. The number of rotatable bonds is 3. The van der Waals surface area contributed by atoms with Crippen LogP contribution in [0, 0.1) is 5.41 Å². The summed E-state index contributed by atoms with van der Waals surface area (Å²) in [6.45, 7) is 9.29. The van der Waals surface area contributed by atoms with Gasteiger partial charge in [-0.05, 0) is 5.56 Å². The largest absolute Gasteiger partial charge is 0.351 e. The van der Waals surface area contributed by atoms with Crippen molar-refractivity contribution in [3.8, 4) is 0 Å². The zero-order valence-corrected chi connectivity index (χ0v) is 16.5. The van der Waals surface area contributed by atoms with Gasteiger partial charge in [-0.1, -0.05) is 56.3 Å². The van der Waals surface area contributed by atoms with E-state index in [1.165, 1.54) is 0 Å². The number of aromatic nitrogens is 5. The molecule has 1 aliphatic heterocycles. The van der Waals surface area contributed by atoms with Gasteiger partial charge in [0.05, 0.1) is 6.54 Å². The first-order valence-corrected chi connectivity index (χ1v) is 9.56. The van der Waals surface area contributed by atoms with Crippen LogP contribution in [0.5, 0.6) is 0 Å². The normalized spacial score (nSPS) is 15.2. The molecule has 0 radical (unpaired) electrons. The average molecular weight is 379 g/mol. The number of carbonyl (C=O) groups is 1. The number of hydrogen-bond acceptors (Lipinski definition) is 6. The molecule has 0 atom stereocenters. The number of piperazine rings is 1. The van der Waals surface area contributed by atoms with Crippen molar-refractivity contribution in [3.63, 3.8) is 0 Å². The zero-order chi connectivity index (χ0) is 19.7. The van der Waals surface area contributed by atoms with Gasteiger partial charge in [0.1, 0.15) is 6.33 Å². The van der Waals surface area contributed by atoms with E-state index in [2.05, 4.69) is 37.3 Å². The van der Waals surface area contributed by atoms with Gasteiger partial charge >= 0.3 is 0 Å². The van der Waals surface area contributed by atoms with Gasteiger partial charge in [-0.3, -0.25) is 4.79 Å². The molecular formula is C20H25N7O. The third-order valence-corrected chi connectivity index (χ3v) is 4.96. The van der Waals surface area contributed by atoms with Gasteiger partial charge in [0.2, 0.25) is 5.91 Å². The highest BCUT2D eigenvalue weighted by molar-refractivity contribution is 5.84. The highest BCUT2D eigenvalue weighted by atomic mass is 16.2. The number of carbonyl (C=O) groups excluding carboxylic acids is 1. The lowest BCUT2D eigenvalue weighted by molar-refractivity contribution is -0.139. The molecule has 28 heavy (non-hydrogen) atoms. The quantitative estimate of drug-likeness (QED) is 0.692. The van der Waals surface area contributed by atoms with E-state index in [-0.39, 0.29) is 11.3 Å². The molecule has 0 bridgehead atoms. The second kappa shape index (κ2) is 7.18. The van der Waals surface area contributed by atoms with Crippen molar-refractivity contribution >= 4 is 22.9 Å². The highest BCUT2D eigenvalue weighted by Crippen LogP contribution is 2.24. The van der Waals surface area contributed by atoms with E-state index in [1.807, 2.05) is 43.9 Å². The van der Waals surface area contributed by atoms with E-state index in [4.69, 9.17) is 0 Å². The van der Waals surface area contributed by atoms with Crippen LogP contribution in [0.2, 0.25) is 0 Å². The number of nitrogens with zero attached hydrogens (tertiary/aromatic N) is 7. The minimum absolute atomic E-state index is 0.189. The lowest BCUT2D eigenvalue weighted by atomic mass is 9.94. The van der Waals surface area contributed by atoms with Crippen LogP contribution in [0.25, 0.3) is 11.2 Å². The van der Waals surface area contributed by atoms with Gasteiger partial charge in [0.25, 0.3) is 0 Å². The molecule has 1 saturated heterocycles. The molecule has 0 aliphatic carbocycles. The predicted molar refractivity (Wildman–Crippen MR) is 107 cm³/mol. The maximum atomic E-state index is 12.5. The van der Waals surface area contributed by atoms with Crippen LogP contribution in [0.15, 0.2) is 36.7 Å². The first-order valence-electron chi connectivity index (χ1n) is 9.56. The van der Waals surface area contributed by atoms with Gasteiger partial charge in [-0.15, -0.1) is 5.10 Å². The summed E-state index contributed by atoms with van der Waals surface area (Å²) in [4.78, 5) is 25.5. The molecule has 1 aromatic carbocycles. The van der Waals surface area contributed by atoms with Crippen molar-refractivity contribution in [1.29, 1.82) is 0 Å². The van der Waals surface area contributed by atoms with Gasteiger partial charge in [-0.2, -0.15) is 0 Å². The Kier molecular flexibility index (Phi) is 4.70. The zero-order valence-electron chi connectivity index (χ0n) is 16.5. The van der Waals surface area contributed by atoms with Crippen LogP contribution in [-0.2, 0) is 11.3 Å². The Hall–Kier alpha value is -3.03. The summed E-state index contributed by atoms with van der Waals surface area (Å²) in [5, 5.41) is 8.64. The van der Waals surface area contributed by atoms with Crippen LogP contribution >= 0.6 is 0 Å². The Morgan fingerprint density at radius 2 is 1.75 bits per heavy atom. The maximum absolute atomic E-state index is 12.5. The topological polar surface area (TPSA) is 80.0 Å². The summed E-state index contributed by atoms with van der Waals surface area (Å²) in [6.07, 6.45) is 1.56. The number of fused-ring (bicyclic) bond motifs is 1. The first kappa shape index (κ1) is 18.3. The van der Waals surface area contributed by atoms with Crippen LogP contribution < -0.4 is 4.90 Å². The number of hydrogen-bond donors (Lipinski definition) is 0.